The average Bonchev–Trinajstić information content (AvgIpc) is 2.45. The van der Waals surface area contributed by atoms with Crippen LogP contribution in [0.1, 0.15) is 18.4 Å². The molecule has 1 aromatic rings. The minimum Gasteiger partial charge on any atom is -0.388 e. The molecule has 0 unspecified atom stereocenters. The smallest absolute Gasteiger partial charge is 0.244 e. The van der Waals surface area contributed by atoms with Gasteiger partial charge < -0.3 is 15.2 Å². The van der Waals surface area contributed by atoms with Crippen LogP contribution in [0.15, 0.2) is 30.3 Å². The third-order valence-corrected chi connectivity index (χ3v) is 3.56. The number of amides is 1. The molecule has 0 radical (unpaired) electrons. The molecule has 0 spiro atoms. The fourth-order valence-corrected chi connectivity index (χ4v) is 2.11. The lowest BCUT2D eigenvalue weighted by Gasteiger charge is -2.31. The van der Waals surface area contributed by atoms with Crippen LogP contribution in [0.2, 0.25) is 5.02 Å². The number of hydrogen-bond donors (Lipinski definition) is 2. The summed E-state index contributed by atoms with van der Waals surface area (Å²) in [7, 11) is 0. The van der Waals surface area contributed by atoms with Gasteiger partial charge in [0.2, 0.25) is 5.91 Å². The zero-order valence-corrected chi connectivity index (χ0v) is 11.9. The van der Waals surface area contributed by atoms with Crippen molar-refractivity contribution >= 4 is 23.6 Å². The number of carbonyl (C=O) groups excluding carboxylic acids is 1. The molecule has 0 saturated carbocycles. The van der Waals surface area contributed by atoms with Crippen LogP contribution in [-0.2, 0) is 9.53 Å². The van der Waals surface area contributed by atoms with E-state index in [1.165, 1.54) is 6.08 Å². The highest BCUT2D eigenvalue weighted by Crippen LogP contribution is 2.19. The molecule has 1 aliphatic rings. The Bertz CT molecular complexity index is 478. The predicted molar refractivity (Wildman–Crippen MR) is 78.5 cm³/mol. The van der Waals surface area contributed by atoms with Crippen LogP contribution in [0.3, 0.4) is 0 Å². The summed E-state index contributed by atoms with van der Waals surface area (Å²) in [6, 6.07) is 7.20. The Hall–Kier alpha value is -1.36. The van der Waals surface area contributed by atoms with Gasteiger partial charge in [-0.15, -0.1) is 0 Å². The van der Waals surface area contributed by atoms with Crippen molar-refractivity contribution in [2.75, 3.05) is 19.8 Å². The van der Waals surface area contributed by atoms with E-state index in [-0.39, 0.29) is 12.5 Å². The molecule has 0 aliphatic carbocycles. The summed E-state index contributed by atoms with van der Waals surface area (Å²) >= 11 is 5.78. The SMILES string of the molecule is O=C(/C=C/c1ccc(Cl)cc1)NCC1(O)CCOCC1. The normalized spacial score (nSPS) is 18.1. The van der Waals surface area contributed by atoms with Crippen molar-refractivity contribution in [2.24, 2.45) is 0 Å². The van der Waals surface area contributed by atoms with Gasteiger partial charge in [0.25, 0.3) is 0 Å². The number of aliphatic hydroxyl groups is 1. The second-order valence-corrected chi connectivity index (χ2v) is 5.38. The van der Waals surface area contributed by atoms with E-state index >= 15 is 0 Å². The van der Waals surface area contributed by atoms with Crippen molar-refractivity contribution in [3.8, 4) is 0 Å². The van der Waals surface area contributed by atoms with Crippen LogP contribution in [0, 0.1) is 0 Å². The van der Waals surface area contributed by atoms with Gasteiger partial charge in [-0.3, -0.25) is 4.79 Å². The number of halogens is 1. The molecule has 0 atom stereocenters. The Labute approximate surface area is 123 Å². The maximum absolute atomic E-state index is 11.7. The molecule has 20 heavy (non-hydrogen) atoms. The van der Waals surface area contributed by atoms with Gasteiger partial charge in [0.05, 0.1) is 5.60 Å². The van der Waals surface area contributed by atoms with E-state index in [1.807, 2.05) is 12.1 Å². The van der Waals surface area contributed by atoms with Crippen LogP contribution in [0.5, 0.6) is 0 Å². The minimum absolute atomic E-state index is 0.222. The largest absolute Gasteiger partial charge is 0.388 e. The third-order valence-electron chi connectivity index (χ3n) is 3.31. The lowest BCUT2D eigenvalue weighted by molar-refractivity contribution is -0.119. The van der Waals surface area contributed by atoms with E-state index in [2.05, 4.69) is 5.32 Å². The van der Waals surface area contributed by atoms with Gasteiger partial charge in [-0.1, -0.05) is 23.7 Å². The first-order valence-corrected chi connectivity index (χ1v) is 6.97. The van der Waals surface area contributed by atoms with Crippen LogP contribution in [-0.4, -0.2) is 36.4 Å². The van der Waals surface area contributed by atoms with Crippen LogP contribution >= 0.6 is 11.6 Å². The summed E-state index contributed by atoms with van der Waals surface area (Å²) in [4.78, 5) is 11.7. The lowest BCUT2D eigenvalue weighted by Crippen LogP contribution is -2.46. The maximum atomic E-state index is 11.7. The van der Waals surface area contributed by atoms with E-state index in [0.29, 0.717) is 31.1 Å². The molecule has 1 amide bonds. The van der Waals surface area contributed by atoms with Gasteiger partial charge in [-0.2, -0.15) is 0 Å². The van der Waals surface area contributed by atoms with Crippen molar-refractivity contribution < 1.29 is 14.6 Å². The van der Waals surface area contributed by atoms with Gasteiger partial charge in [0.15, 0.2) is 0 Å². The van der Waals surface area contributed by atoms with E-state index in [0.717, 1.165) is 5.56 Å². The van der Waals surface area contributed by atoms with Crippen LogP contribution in [0.25, 0.3) is 6.08 Å². The zero-order valence-electron chi connectivity index (χ0n) is 11.1. The highest BCUT2D eigenvalue weighted by atomic mass is 35.5. The Kier molecular flexibility index (Phi) is 5.17. The average molecular weight is 296 g/mol. The fraction of sp³-hybridized carbons (Fsp3) is 0.400. The Morgan fingerprint density at radius 3 is 2.65 bits per heavy atom. The number of carbonyl (C=O) groups is 1. The van der Waals surface area contributed by atoms with Gasteiger partial charge in [0, 0.05) is 43.7 Å². The molecule has 1 aromatic carbocycles. The van der Waals surface area contributed by atoms with Crippen molar-refractivity contribution in [1.82, 2.24) is 5.32 Å². The van der Waals surface area contributed by atoms with Crippen molar-refractivity contribution in [3.05, 3.63) is 40.9 Å². The number of hydrogen-bond acceptors (Lipinski definition) is 3. The summed E-state index contributed by atoms with van der Waals surface area (Å²) in [5, 5.41) is 13.6. The molecule has 1 heterocycles. The number of nitrogens with one attached hydrogen (secondary N) is 1. The predicted octanol–water partition coefficient (Wildman–Crippen LogP) is 2.01. The Morgan fingerprint density at radius 1 is 1.35 bits per heavy atom. The molecule has 108 valence electrons. The molecule has 1 fully saturated rings. The van der Waals surface area contributed by atoms with E-state index in [4.69, 9.17) is 16.3 Å². The molecule has 0 bridgehead atoms. The molecule has 1 saturated heterocycles. The summed E-state index contributed by atoms with van der Waals surface area (Å²) in [6.45, 7) is 1.32. The first-order chi connectivity index (χ1) is 9.57. The molecule has 5 heteroatoms. The zero-order chi connectivity index (χ0) is 14.4. The molecule has 1 aliphatic heterocycles. The fourth-order valence-electron chi connectivity index (χ4n) is 1.98. The first-order valence-electron chi connectivity index (χ1n) is 6.59. The molecule has 4 nitrogen and oxygen atoms in total. The van der Waals surface area contributed by atoms with Gasteiger partial charge >= 0.3 is 0 Å². The number of benzene rings is 1. The van der Waals surface area contributed by atoms with E-state index in [1.54, 1.807) is 18.2 Å². The minimum atomic E-state index is -0.845. The maximum Gasteiger partial charge on any atom is 0.244 e. The third kappa shape index (κ3) is 4.63. The molecular weight excluding hydrogens is 278 g/mol. The second kappa shape index (κ2) is 6.88. The molecule has 2 rings (SSSR count). The van der Waals surface area contributed by atoms with Crippen molar-refractivity contribution in [2.45, 2.75) is 18.4 Å². The Balaban J connectivity index is 1.81. The summed E-state index contributed by atoms with van der Waals surface area (Å²) in [5.41, 5.74) is 0.0523. The molecule has 2 N–H and O–H groups in total. The van der Waals surface area contributed by atoms with Gasteiger partial charge in [-0.05, 0) is 23.8 Å². The lowest BCUT2D eigenvalue weighted by atomic mass is 9.94. The van der Waals surface area contributed by atoms with Crippen LogP contribution < -0.4 is 5.32 Å². The van der Waals surface area contributed by atoms with Crippen molar-refractivity contribution in [1.29, 1.82) is 0 Å². The Morgan fingerprint density at radius 2 is 2.00 bits per heavy atom. The number of rotatable bonds is 4. The van der Waals surface area contributed by atoms with Gasteiger partial charge in [-0.25, -0.2) is 0 Å². The number of ether oxygens (including phenoxy) is 1. The summed E-state index contributed by atoms with van der Waals surface area (Å²) in [6.07, 6.45) is 4.26. The summed E-state index contributed by atoms with van der Waals surface area (Å²) < 4.78 is 5.19. The molecule has 0 aromatic heterocycles. The quantitative estimate of drug-likeness (QED) is 0.836. The topological polar surface area (TPSA) is 58.6 Å². The van der Waals surface area contributed by atoms with Crippen LogP contribution in [0.4, 0.5) is 0 Å². The standard InChI is InChI=1S/C15H18ClNO3/c16-13-4-1-12(2-5-13)3-6-14(18)17-11-15(19)7-9-20-10-8-15/h1-6,19H,7-11H2,(H,17,18)/b6-3+. The first kappa shape index (κ1) is 15.0. The molecular formula is C15H18ClNO3. The van der Waals surface area contributed by atoms with Gasteiger partial charge in [0.1, 0.15) is 0 Å². The van der Waals surface area contributed by atoms with Crippen molar-refractivity contribution in [3.63, 3.8) is 0 Å². The second-order valence-electron chi connectivity index (χ2n) is 4.94. The monoisotopic (exact) mass is 295 g/mol. The highest BCUT2D eigenvalue weighted by molar-refractivity contribution is 6.30. The van der Waals surface area contributed by atoms with E-state index in [9.17, 15) is 9.90 Å². The van der Waals surface area contributed by atoms with E-state index < -0.39 is 5.60 Å². The summed E-state index contributed by atoms with van der Waals surface area (Å²) in [5.74, 6) is -0.222. The highest BCUT2D eigenvalue weighted by Gasteiger charge is 2.29.